The van der Waals surface area contributed by atoms with Gasteiger partial charge in [0, 0.05) is 0 Å². The van der Waals surface area contributed by atoms with Crippen LogP contribution in [0.5, 0.6) is 0 Å². The molecule has 9 heteroatoms. The van der Waals surface area contributed by atoms with E-state index in [0.717, 1.165) is 23.1 Å². The van der Waals surface area contributed by atoms with Crippen LogP contribution in [0.4, 0.5) is 5.13 Å². The van der Waals surface area contributed by atoms with Crippen molar-refractivity contribution in [2.75, 3.05) is 11.1 Å². The van der Waals surface area contributed by atoms with Gasteiger partial charge in [0.1, 0.15) is 5.76 Å². The van der Waals surface area contributed by atoms with Crippen LogP contribution in [0.25, 0.3) is 0 Å². The molecule has 100 valence electrons. The van der Waals surface area contributed by atoms with Crippen LogP contribution in [0, 0.1) is 6.92 Å². The van der Waals surface area contributed by atoms with Gasteiger partial charge in [-0.2, -0.15) is 0 Å². The van der Waals surface area contributed by atoms with Crippen molar-refractivity contribution >= 4 is 40.1 Å². The highest BCUT2D eigenvalue weighted by Crippen LogP contribution is 2.25. The Balaban J connectivity index is 1.96. The average Bonchev–Trinajstić information content (AvgIpc) is 2.95. The molecule has 0 aliphatic rings. The quantitative estimate of drug-likeness (QED) is 0.641. The fourth-order valence-corrected chi connectivity index (χ4v) is 2.62. The standard InChI is InChI=1S/C10H9N3O4S2/c1-5-2-3-6(17-5)8(16)11-9-12-13-10(19-9)18-4-7(14)15/h2-3H,4H2,1H3,(H,14,15)(H,11,12,16). The second-order valence-corrected chi connectivity index (χ2v) is 5.62. The number of hydrogen-bond acceptors (Lipinski definition) is 7. The summed E-state index contributed by atoms with van der Waals surface area (Å²) in [5.41, 5.74) is 0. The van der Waals surface area contributed by atoms with Gasteiger partial charge >= 0.3 is 5.97 Å². The Morgan fingerprint density at radius 3 is 2.89 bits per heavy atom. The first kappa shape index (κ1) is 13.6. The Kier molecular flexibility index (Phi) is 4.17. The van der Waals surface area contributed by atoms with E-state index >= 15 is 0 Å². The summed E-state index contributed by atoms with van der Waals surface area (Å²) in [7, 11) is 0. The number of hydrogen-bond donors (Lipinski definition) is 2. The van der Waals surface area contributed by atoms with E-state index in [2.05, 4.69) is 15.5 Å². The number of rotatable bonds is 5. The van der Waals surface area contributed by atoms with Crippen molar-refractivity contribution in [1.29, 1.82) is 0 Å². The third kappa shape index (κ3) is 3.80. The average molecular weight is 299 g/mol. The molecule has 7 nitrogen and oxygen atoms in total. The fourth-order valence-electron chi connectivity index (χ4n) is 1.16. The summed E-state index contributed by atoms with van der Waals surface area (Å²) < 4.78 is 5.64. The van der Waals surface area contributed by atoms with E-state index in [1.165, 1.54) is 0 Å². The van der Waals surface area contributed by atoms with Gasteiger partial charge in [-0.25, -0.2) is 0 Å². The Morgan fingerprint density at radius 1 is 1.47 bits per heavy atom. The fraction of sp³-hybridized carbons (Fsp3) is 0.200. The Labute approximate surface area is 116 Å². The summed E-state index contributed by atoms with van der Waals surface area (Å²) >= 11 is 2.16. The molecule has 2 aromatic rings. The Bertz CT molecular complexity index is 607. The molecule has 0 aliphatic heterocycles. The molecule has 2 aromatic heterocycles. The number of thioether (sulfide) groups is 1. The van der Waals surface area contributed by atoms with Gasteiger partial charge in [-0.3, -0.25) is 14.9 Å². The highest BCUT2D eigenvalue weighted by molar-refractivity contribution is 8.01. The van der Waals surface area contributed by atoms with Crippen LogP contribution in [-0.2, 0) is 4.79 Å². The van der Waals surface area contributed by atoms with E-state index in [1.54, 1.807) is 19.1 Å². The van der Waals surface area contributed by atoms with Gasteiger partial charge in [-0.1, -0.05) is 23.1 Å². The van der Waals surface area contributed by atoms with E-state index < -0.39 is 11.9 Å². The van der Waals surface area contributed by atoms with Crippen LogP contribution >= 0.6 is 23.1 Å². The molecule has 0 spiro atoms. The van der Waals surface area contributed by atoms with E-state index in [1.807, 2.05) is 0 Å². The number of amides is 1. The summed E-state index contributed by atoms with van der Waals surface area (Å²) in [5.74, 6) is -0.622. The number of anilines is 1. The molecule has 19 heavy (non-hydrogen) atoms. The van der Waals surface area contributed by atoms with Crippen molar-refractivity contribution in [3.05, 3.63) is 23.7 Å². The second kappa shape index (κ2) is 5.85. The maximum atomic E-state index is 11.7. The van der Waals surface area contributed by atoms with Crippen LogP contribution < -0.4 is 5.32 Å². The number of furan rings is 1. The number of aryl methyl sites for hydroxylation is 1. The third-order valence-electron chi connectivity index (χ3n) is 1.91. The minimum atomic E-state index is -0.933. The van der Waals surface area contributed by atoms with E-state index in [9.17, 15) is 9.59 Å². The van der Waals surface area contributed by atoms with Crippen molar-refractivity contribution in [3.8, 4) is 0 Å². The number of carboxylic acid groups (broad SMARTS) is 1. The Morgan fingerprint density at radius 2 is 2.26 bits per heavy atom. The molecule has 0 aliphatic carbocycles. The number of carbonyl (C=O) groups excluding carboxylic acids is 1. The van der Waals surface area contributed by atoms with Gasteiger partial charge in [-0.05, 0) is 19.1 Å². The minimum Gasteiger partial charge on any atom is -0.481 e. The van der Waals surface area contributed by atoms with Crippen LogP contribution in [0.1, 0.15) is 16.3 Å². The van der Waals surface area contributed by atoms with Crippen molar-refractivity contribution < 1.29 is 19.1 Å². The van der Waals surface area contributed by atoms with E-state index in [4.69, 9.17) is 9.52 Å². The summed E-state index contributed by atoms with van der Waals surface area (Å²) in [6.07, 6.45) is 0. The second-order valence-electron chi connectivity index (χ2n) is 3.42. The van der Waals surface area contributed by atoms with Gasteiger partial charge < -0.3 is 9.52 Å². The zero-order valence-electron chi connectivity index (χ0n) is 9.74. The first-order valence-electron chi connectivity index (χ1n) is 5.10. The lowest BCUT2D eigenvalue weighted by Gasteiger charge is -1.96. The first-order chi connectivity index (χ1) is 9.04. The SMILES string of the molecule is Cc1ccc(C(=O)Nc2nnc(SCC(=O)O)s2)o1. The molecule has 0 saturated heterocycles. The lowest BCUT2D eigenvalue weighted by Crippen LogP contribution is -2.10. The van der Waals surface area contributed by atoms with Crippen LogP contribution in [0.3, 0.4) is 0 Å². The van der Waals surface area contributed by atoms with Gasteiger partial charge in [-0.15, -0.1) is 10.2 Å². The minimum absolute atomic E-state index is 0.0973. The Hall–Kier alpha value is -1.87. The molecule has 1 amide bonds. The molecule has 0 unspecified atom stereocenters. The van der Waals surface area contributed by atoms with E-state index in [-0.39, 0.29) is 11.5 Å². The van der Waals surface area contributed by atoms with Gasteiger partial charge in [0.05, 0.1) is 5.75 Å². The van der Waals surface area contributed by atoms with Crippen molar-refractivity contribution in [2.24, 2.45) is 0 Å². The molecule has 0 saturated carbocycles. The molecule has 2 rings (SSSR count). The molecule has 0 atom stereocenters. The van der Waals surface area contributed by atoms with Crippen LogP contribution in [0.2, 0.25) is 0 Å². The normalized spacial score (nSPS) is 10.4. The number of aliphatic carboxylic acids is 1. The predicted molar refractivity (Wildman–Crippen MR) is 69.7 cm³/mol. The van der Waals surface area contributed by atoms with Crippen molar-refractivity contribution in [1.82, 2.24) is 10.2 Å². The van der Waals surface area contributed by atoms with Crippen molar-refractivity contribution in [2.45, 2.75) is 11.3 Å². The first-order valence-corrected chi connectivity index (χ1v) is 6.90. The van der Waals surface area contributed by atoms with Gasteiger partial charge in [0.25, 0.3) is 5.91 Å². The monoisotopic (exact) mass is 299 g/mol. The third-order valence-corrected chi connectivity index (χ3v) is 3.87. The molecule has 0 aromatic carbocycles. The predicted octanol–water partition coefficient (Wildman–Crippen LogP) is 1.87. The molecule has 2 heterocycles. The smallest absolute Gasteiger partial charge is 0.313 e. The number of aromatic nitrogens is 2. The summed E-state index contributed by atoms with van der Waals surface area (Å²) in [6.45, 7) is 1.74. The zero-order chi connectivity index (χ0) is 13.8. The number of nitrogens with one attached hydrogen (secondary N) is 1. The molecular formula is C10H9N3O4S2. The van der Waals surface area contributed by atoms with Crippen LogP contribution in [-0.4, -0.2) is 32.9 Å². The van der Waals surface area contributed by atoms with Crippen LogP contribution in [0.15, 0.2) is 20.9 Å². The summed E-state index contributed by atoms with van der Waals surface area (Å²) in [6, 6.07) is 3.24. The van der Waals surface area contributed by atoms with Gasteiger partial charge in [0.15, 0.2) is 10.1 Å². The molecule has 0 bridgehead atoms. The summed E-state index contributed by atoms with van der Waals surface area (Å²) in [4.78, 5) is 22.1. The largest absolute Gasteiger partial charge is 0.481 e. The number of carboxylic acids is 1. The molecule has 0 radical (unpaired) electrons. The zero-order valence-corrected chi connectivity index (χ0v) is 11.4. The van der Waals surface area contributed by atoms with Crippen molar-refractivity contribution in [3.63, 3.8) is 0 Å². The highest BCUT2D eigenvalue weighted by atomic mass is 32.2. The molecule has 0 fully saturated rings. The van der Waals surface area contributed by atoms with Gasteiger partial charge in [0.2, 0.25) is 5.13 Å². The maximum Gasteiger partial charge on any atom is 0.313 e. The highest BCUT2D eigenvalue weighted by Gasteiger charge is 2.13. The topological polar surface area (TPSA) is 105 Å². The number of carbonyl (C=O) groups is 2. The molecule has 2 N–H and O–H groups in total. The number of nitrogens with zero attached hydrogens (tertiary/aromatic N) is 2. The molecular weight excluding hydrogens is 290 g/mol. The summed E-state index contributed by atoms with van der Waals surface area (Å²) in [5, 5.41) is 18.9. The van der Waals surface area contributed by atoms with E-state index in [0.29, 0.717) is 15.2 Å². The lowest BCUT2D eigenvalue weighted by molar-refractivity contribution is -0.133. The lowest BCUT2D eigenvalue weighted by atomic mass is 10.4. The maximum absolute atomic E-state index is 11.7.